The van der Waals surface area contributed by atoms with E-state index in [4.69, 9.17) is 0 Å². The summed E-state index contributed by atoms with van der Waals surface area (Å²) in [7, 11) is 1.40. The second-order valence-electron chi connectivity index (χ2n) is 4.45. The van der Waals surface area contributed by atoms with Crippen molar-refractivity contribution in [1.29, 1.82) is 0 Å². The van der Waals surface area contributed by atoms with Crippen molar-refractivity contribution in [3.63, 3.8) is 0 Å². The van der Waals surface area contributed by atoms with Crippen LogP contribution in [0.1, 0.15) is 60.3 Å². The Morgan fingerprint density at radius 1 is 1.07 bits per heavy atom. The van der Waals surface area contributed by atoms with E-state index in [1.54, 1.807) is 0 Å². The van der Waals surface area contributed by atoms with Gasteiger partial charge in [-0.25, -0.2) is 0 Å². The second-order valence-corrected chi connectivity index (χ2v) is 4.45. The van der Waals surface area contributed by atoms with Crippen LogP contribution in [0.3, 0.4) is 0 Å². The fraction of sp³-hybridized carbons (Fsp3) is 0.917. The number of hydrogen-bond donors (Lipinski definition) is 0. The summed E-state index contributed by atoms with van der Waals surface area (Å²) in [5.74, 6) is -0.169. The summed E-state index contributed by atoms with van der Waals surface area (Å²) in [6, 6.07) is 0. The van der Waals surface area contributed by atoms with E-state index < -0.39 is 0 Å². The molecule has 0 aromatic carbocycles. The van der Waals surface area contributed by atoms with Crippen molar-refractivity contribution in [2.75, 3.05) is 7.11 Å². The zero-order valence-corrected chi connectivity index (χ0v) is 10.6. The highest BCUT2D eigenvalue weighted by molar-refractivity contribution is 5.75. The SMILES string of the molecule is CCCCCC.COC(=O)C(C)(C)C. The Hall–Kier alpha value is -0.530. The molecule has 0 atom stereocenters. The number of ether oxygens (including phenoxy) is 1. The first-order valence-corrected chi connectivity index (χ1v) is 5.48. The van der Waals surface area contributed by atoms with Crippen molar-refractivity contribution in [2.24, 2.45) is 5.41 Å². The van der Waals surface area contributed by atoms with Gasteiger partial charge >= 0.3 is 5.97 Å². The van der Waals surface area contributed by atoms with Crippen molar-refractivity contribution in [1.82, 2.24) is 0 Å². The summed E-state index contributed by atoms with van der Waals surface area (Å²) in [4.78, 5) is 10.6. The van der Waals surface area contributed by atoms with Gasteiger partial charge in [0.1, 0.15) is 0 Å². The molecule has 0 aliphatic rings. The first kappa shape index (κ1) is 15.9. The standard InChI is InChI=1S/C6H12O2.C6H14/c1-6(2,3)5(7)8-4;1-3-5-6-4-2/h1-4H3;3-6H2,1-2H3. The van der Waals surface area contributed by atoms with Gasteiger partial charge in [0.15, 0.2) is 0 Å². The van der Waals surface area contributed by atoms with Crippen LogP contribution < -0.4 is 0 Å². The molecular formula is C12H26O2. The molecule has 0 aromatic rings. The molecule has 0 amide bonds. The molecule has 2 heteroatoms. The molecule has 0 radical (unpaired) electrons. The van der Waals surface area contributed by atoms with Gasteiger partial charge in [0.05, 0.1) is 12.5 Å². The molecule has 0 bridgehead atoms. The average molecular weight is 202 g/mol. The summed E-state index contributed by atoms with van der Waals surface area (Å²) in [6.45, 7) is 9.92. The van der Waals surface area contributed by atoms with E-state index in [1.165, 1.54) is 32.8 Å². The first-order valence-electron chi connectivity index (χ1n) is 5.48. The summed E-state index contributed by atoms with van der Waals surface area (Å²) >= 11 is 0. The molecule has 0 spiro atoms. The van der Waals surface area contributed by atoms with E-state index >= 15 is 0 Å². The fourth-order valence-electron chi connectivity index (χ4n) is 0.806. The van der Waals surface area contributed by atoms with Crippen LogP contribution in [-0.4, -0.2) is 13.1 Å². The van der Waals surface area contributed by atoms with E-state index in [2.05, 4.69) is 18.6 Å². The molecule has 86 valence electrons. The molecule has 0 unspecified atom stereocenters. The average Bonchev–Trinajstić information content (AvgIpc) is 2.12. The lowest BCUT2D eigenvalue weighted by molar-refractivity contribution is -0.149. The monoisotopic (exact) mass is 202 g/mol. The van der Waals surface area contributed by atoms with E-state index in [1.807, 2.05) is 20.8 Å². The second kappa shape index (κ2) is 9.04. The van der Waals surface area contributed by atoms with E-state index in [0.717, 1.165) is 0 Å². The zero-order chi connectivity index (χ0) is 11.6. The summed E-state index contributed by atoms with van der Waals surface area (Å²) in [6.07, 6.45) is 5.54. The van der Waals surface area contributed by atoms with Gasteiger partial charge in [-0.05, 0) is 20.8 Å². The van der Waals surface area contributed by atoms with Crippen LogP contribution in [0.4, 0.5) is 0 Å². The molecule has 0 saturated carbocycles. The van der Waals surface area contributed by atoms with E-state index in [-0.39, 0.29) is 11.4 Å². The molecule has 0 fully saturated rings. The summed E-state index contributed by atoms with van der Waals surface area (Å²) in [5.41, 5.74) is -0.352. The van der Waals surface area contributed by atoms with Gasteiger partial charge in [0.2, 0.25) is 0 Å². The number of hydrogen-bond acceptors (Lipinski definition) is 2. The van der Waals surface area contributed by atoms with Gasteiger partial charge in [0.25, 0.3) is 0 Å². The molecule has 0 N–H and O–H groups in total. The van der Waals surface area contributed by atoms with Crippen LogP contribution in [0.25, 0.3) is 0 Å². The highest BCUT2D eigenvalue weighted by Crippen LogP contribution is 2.13. The van der Waals surface area contributed by atoms with Crippen LogP contribution in [0.2, 0.25) is 0 Å². The van der Waals surface area contributed by atoms with Crippen LogP contribution in [-0.2, 0) is 9.53 Å². The van der Waals surface area contributed by atoms with Gasteiger partial charge in [0, 0.05) is 0 Å². The predicted molar refractivity (Wildman–Crippen MR) is 61.3 cm³/mol. The Bertz CT molecular complexity index is 130. The van der Waals surface area contributed by atoms with Crippen LogP contribution in [0, 0.1) is 5.41 Å². The third-order valence-corrected chi connectivity index (χ3v) is 1.75. The summed E-state index contributed by atoms with van der Waals surface area (Å²) < 4.78 is 4.48. The molecule has 0 heterocycles. The number of carbonyl (C=O) groups is 1. The minimum Gasteiger partial charge on any atom is -0.469 e. The van der Waals surface area contributed by atoms with Crippen molar-refractivity contribution in [3.8, 4) is 0 Å². The van der Waals surface area contributed by atoms with Gasteiger partial charge in [-0.1, -0.05) is 39.5 Å². The van der Waals surface area contributed by atoms with Gasteiger partial charge in [-0.2, -0.15) is 0 Å². The molecule has 0 aliphatic heterocycles. The van der Waals surface area contributed by atoms with Crippen molar-refractivity contribution < 1.29 is 9.53 Å². The van der Waals surface area contributed by atoms with Crippen molar-refractivity contribution in [2.45, 2.75) is 60.3 Å². The normalized spacial score (nSPS) is 10.1. The van der Waals surface area contributed by atoms with E-state index in [0.29, 0.717) is 0 Å². The van der Waals surface area contributed by atoms with Crippen LogP contribution >= 0.6 is 0 Å². The van der Waals surface area contributed by atoms with Gasteiger partial charge in [-0.3, -0.25) is 4.79 Å². The molecule has 0 aromatic heterocycles. The van der Waals surface area contributed by atoms with Crippen molar-refractivity contribution >= 4 is 5.97 Å². The fourth-order valence-corrected chi connectivity index (χ4v) is 0.806. The zero-order valence-electron chi connectivity index (χ0n) is 10.6. The lowest BCUT2D eigenvalue weighted by Crippen LogP contribution is -2.21. The molecular weight excluding hydrogens is 176 g/mol. The first-order chi connectivity index (χ1) is 6.40. The third-order valence-electron chi connectivity index (χ3n) is 1.75. The lowest BCUT2D eigenvalue weighted by atomic mass is 9.98. The number of esters is 1. The Labute approximate surface area is 89.0 Å². The Balaban J connectivity index is 0. The largest absolute Gasteiger partial charge is 0.469 e. The number of methoxy groups -OCH3 is 1. The Morgan fingerprint density at radius 2 is 1.43 bits per heavy atom. The van der Waals surface area contributed by atoms with E-state index in [9.17, 15) is 4.79 Å². The molecule has 0 saturated heterocycles. The maximum absolute atomic E-state index is 10.6. The molecule has 0 rings (SSSR count). The van der Waals surface area contributed by atoms with Gasteiger partial charge < -0.3 is 4.74 Å². The minimum absolute atomic E-state index is 0.169. The van der Waals surface area contributed by atoms with Gasteiger partial charge in [-0.15, -0.1) is 0 Å². The molecule has 14 heavy (non-hydrogen) atoms. The lowest BCUT2D eigenvalue weighted by Gasteiger charge is -2.13. The maximum atomic E-state index is 10.6. The topological polar surface area (TPSA) is 26.3 Å². The van der Waals surface area contributed by atoms with Crippen molar-refractivity contribution in [3.05, 3.63) is 0 Å². The summed E-state index contributed by atoms with van der Waals surface area (Å²) in [5, 5.41) is 0. The predicted octanol–water partition coefficient (Wildman–Crippen LogP) is 3.79. The number of unbranched alkanes of at least 4 members (excludes halogenated alkanes) is 3. The Kier molecular flexibility index (Phi) is 10.3. The smallest absolute Gasteiger partial charge is 0.310 e. The maximum Gasteiger partial charge on any atom is 0.310 e. The number of rotatable bonds is 3. The molecule has 2 nitrogen and oxygen atoms in total. The molecule has 0 aliphatic carbocycles. The highest BCUT2D eigenvalue weighted by Gasteiger charge is 2.21. The van der Waals surface area contributed by atoms with Crippen LogP contribution in [0.15, 0.2) is 0 Å². The van der Waals surface area contributed by atoms with Crippen LogP contribution in [0.5, 0.6) is 0 Å². The Morgan fingerprint density at radius 3 is 1.50 bits per heavy atom. The quantitative estimate of drug-likeness (QED) is 0.514. The highest BCUT2D eigenvalue weighted by atomic mass is 16.5. The number of carbonyl (C=O) groups excluding carboxylic acids is 1. The third kappa shape index (κ3) is 11.5. The minimum atomic E-state index is -0.352.